The first kappa shape index (κ1) is 18.3. The lowest BCUT2D eigenvalue weighted by atomic mass is 10.2. The Hall–Kier alpha value is -2.09. The Morgan fingerprint density at radius 3 is 2.38 bits per heavy atom. The Bertz CT molecular complexity index is 605. The molecule has 24 heavy (non-hydrogen) atoms. The van der Waals surface area contributed by atoms with E-state index in [1.165, 1.54) is 0 Å². The molecular weight excluding hydrogens is 310 g/mol. The summed E-state index contributed by atoms with van der Waals surface area (Å²) in [6.07, 6.45) is -0.282. The first-order valence-corrected chi connectivity index (χ1v) is 8.32. The summed E-state index contributed by atoms with van der Waals surface area (Å²) in [7, 11) is 1.86. The number of aromatic nitrogens is 2. The van der Waals surface area contributed by atoms with Gasteiger partial charge in [-0.3, -0.25) is 14.4 Å². The van der Waals surface area contributed by atoms with Crippen LogP contribution in [0.5, 0.6) is 0 Å². The van der Waals surface area contributed by atoms with E-state index in [9.17, 15) is 9.59 Å². The summed E-state index contributed by atoms with van der Waals surface area (Å²) in [4.78, 5) is 28.0. The van der Waals surface area contributed by atoms with Crippen LogP contribution in [0.3, 0.4) is 0 Å². The molecule has 1 saturated heterocycles. The fourth-order valence-corrected chi connectivity index (χ4v) is 2.85. The van der Waals surface area contributed by atoms with E-state index in [4.69, 9.17) is 4.74 Å². The zero-order chi connectivity index (χ0) is 17.9. The number of carbonyl (C=O) groups is 2. The van der Waals surface area contributed by atoms with E-state index in [0.717, 1.165) is 17.1 Å². The van der Waals surface area contributed by atoms with Crippen molar-refractivity contribution in [1.82, 2.24) is 19.6 Å². The number of hydrogen-bond acceptors (Lipinski definition) is 5. The van der Waals surface area contributed by atoms with E-state index in [1.54, 1.807) is 16.5 Å². The number of ether oxygens (including phenoxy) is 1. The molecule has 2 amide bonds. The molecule has 1 fully saturated rings. The Balaban J connectivity index is 1.91. The van der Waals surface area contributed by atoms with Crippen LogP contribution >= 0.6 is 0 Å². The predicted molar refractivity (Wildman–Crippen MR) is 90.9 cm³/mol. The molecule has 2 rings (SSSR count). The number of rotatable bonds is 4. The molecule has 134 valence electrons. The molecular formula is C16H27N5O3. The number of carbonyl (C=O) groups excluding carboxylic acids is 2. The molecule has 0 aromatic carbocycles. The van der Waals surface area contributed by atoms with Crippen molar-refractivity contribution in [3.05, 3.63) is 11.4 Å². The normalized spacial score (nSPS) is 16.8. The number of aryl methyl sites for hydroxylation is 2. The minimum absolute atomic E-state index is 0.0567. The second-order valence-corrected chi connectivity index (χ2v) is 6.06. The lowest BCUT2D eigenvalue weighted by Crippen LogP contribution is -2.54. The summed E-state index contributed by atoms with van der Waals surface area (Å²) in [5.74, 6) is -0.0567. The zero-order valence-corrected chi connectivity index (χ0v) is 15.1. The predicted octanol–water partition coefficient (Wildman–Crippen LogP) is 1.14. The van der Waals surface area contributed by atoms with Crippen molar-refractivity contribution < 1.29 is 14.3 Å². The Kier molecular flexibility index (Phi) is 5.82. The molecule has 2 heterocycles. The molecule has 0 aliphatic carbocycles. The number of anilines is 1. The van der Waals surface area contributed by atoms with Crippen molar-refractivity contribution in [2.24, 2.45) is 7.05 Å². The molecule has 1 unspecified atom stereocenters. The first-order valence-electron chi connectivity index (χ1n) is 8.32. The quantitative estimate of drug-likeness (QED) is 0.891. The third kappa shape index (κ3) is 3.87. The highest BCUT2D eigenvalue weighted by atomic mass is 16.6. The summed E-state index contributed by atoms with van der Waals surface area (Å²) < 4.78 is 6.77. The van der Waals surface area contributed by atoms with Crippen LogP contribution in [-0.4, -0.2) is 70.4 Å². The Labute approximate surface area is 142 Å². The van der Waals surface area contributed by atoms with Gasteiger partial charge in [-0.15, -0.1) is 0 Å². The third-order valence-electron chi connectivity index (χ3n) is 4.52. The van der Waals surface area contributed by atoms with Gasteiger partial charge in [-0.2, -0.15) is 5.10 Å². The van der Waals surface area contributed by atoms with E-state index < -0.39 is 0 Å². The number of nitrogens with zero attached hydrogens (tertiary/aromatic N) is 4. The van der Waals surface area contributed by atoms with Gasteiger partial charge < -0.3 is 15.0 Å². The van der Waals surface area contributed by atoms with Gasteiger partial charge in [0.25, 0.3) is 0 Å². The number of nitrogens with one attached hydrogen (secondary N) is 1. The number of amides is 2. The van der Waals surface area contributed by atoms with Gasteiger partial charge in [-0.1, -0.05) is 0 Å². The van der Waals surface area contributed by atoms with Gasteiger partial charge >= 0.3 is 6.09 Å². The van der Waals surface area contributed by atoms with Gasteiger partial charge in [0.05, 0.1) is 29.7 Å². The van der Waals surface area contributed by atoms with Crippen LogP contribution in [0.25, 0.3) is 0 Å². The maximum atomic E-state index is 12.5. The molecule has 0 spiro atoms. The highest BCUT2D eigenvalue weighted by molar-refractivity contribution is 5.95. The van der Waals surface area contributed by atoms with Crippen LogP contribution < -0.4 is 5.32 Å². The molecule has 1 aromatic rings. The SMILES string of the molecule is CCOC(=O)N1CCN(C(C)C(=O)Nc2c(C)nn(C)c2C)CC1. The van der Waals surface area contributed by atoms with Crippen LogP contribution in [0.1, 0.15) is 25.2 Å². The van der Waals surface area contributed by atoms with Crippen molar-refractivity contribution in [3.8, 4) is 0 Å². The summed E-state index contributed by atoms with van der Waals surface area (Å²) >= 11 is 0. The second kappa shape index (κ2) is 7.65. The topological polar surface area (TPSA) is 79.7 Å². The van der Waals surface area contributed by atoms with E-state index in [-0.39, 0.29) is 18.0 Å². The van der Waals surface area contributed by atoms with E-state index in [2.05, 4.69) is 15.3 Å². The number of hydrogen-bond donors (Lipinski definition) is 1. The van der Waals surface area contributed by atoms with Crippen LogP contribution in [0.15, 0.2) is 0 Å². The van der Waals surface area contributed by atoms with Crippen LogP contribution in [-0.2, 0) is 16.6 Å². The molecule has 8 heteroatoms. The van der Waals surface area contributed by atoms with Crippen molar-refractivity contribution in [1.29, 1.82) is 0 Å². The average Bonchev–Trinajstić information content (AvgIpc) is 2.80. The zero-order valence-electron chi connectivity index (χ0n) is 15.1. The molecule has 1 aromatic heterocycles. The first-order chi connectivity index (χ1) is 11.3. The van der Waals surface area contributed by atoms with E-state index in [1.807, 2.05) is 27.8 Å². The van der Waals surface area contributed by atoms with Gasteiger partial charge in [0.15, 0.2) is 0 Å². The van der Waals surface area contributed by atoms with Gasteiger partial charge in [0.2, 0.25) is 5.91 Å². The largest absolute Gasteiger partial charge is 0.450 e. The summed E-state index contributed by atoms with van der Waals surface area (Å²) in [6, 6.07) is -0.270. The van der Waals surface area contributed by atoms with Gasteiger partial charge in [0, 0.05) is 33.2 Å². The van der Waals surface area contributed by atoms with Gasteiger partial charge in [-0.05, 0) is 27.7 Å². The maximum absolute atomic E-state index is 12.5. The van der Waals surface area contributed by atoms with Crippen molar-refractivity contribution in [2.45, 2.75) is 33.7 Å². The molecule has 1 N–H and O–H groups in total. The van der Waals surface area contributed by atoms with E-state index >= 15 is 0 Å². The van der Waals surface area contributed by atoms with Gasteiger partial charge in [0.1, 0.15) is 0 Å². The lowest BCUT2D eigenvalue weighted by Gasteiger charge is -2.36. The standard InChI is InChI=1S/C16H27N5O3/c1-6-24-16(23)21-9-7-20(8-10-21)13(4)15(22)17-14-11(2)18-19(5)12(14)3/h13H,6-10H2,1-5H3,(H,17,22). The summed E-state index contributed by atoms with van der Waals surface area (Å²) in [5, 5.41) is 7.29. The highest BCUT2D eigenvalue weighted by Gasteiger charge is 2.28. The van der Waals surface area contributed by atoms with Crippen molar-refractivity contribution in [2.75, 3.05) is 38.1 Å². The van der Waals surface area contributed by atoms with E-state index in [0.29, 0.717) is 32.8 Å². The molecule has 8 nitrogen and oxygen atoms in total. The fraction of sp³-hybridized carbons (Fsp3) is 0.688. The number of piperazine rings is 1. The molecule has 1 atom stereocenters. The lowest BCUT2D eigenvalue weighted by molar-refractivity contribution is -0.121. The van der Waals surface area contributed by atoms with Crippen LogP contribution in [0, 0.1) is 13.8 Å². The monoisotopic (exact) mass is 337 g/mol. The Morgan fingerprint density at radius 1 is 1.25 bits per heavy atom. The maximum Gasteiger partial charge on any atom is 0.409 e. The van der Waals surface area contributed by atoms with Crippen molar-refractivity contribution >= 4 is 17.7 Å². The Morgan fingerprint density at radius 2 is 1.88 bits per heavy atom. The highest BCUT2D eigenvalue weighted by Crippen LogP contribution is 2.19. The molecule has 1 aliphatic heterocycles. The van der Waals surface area contributed by atoms with Crippen LogP contribution in [0.2, 0.25) is 0 Å². The summed E-state index contributed by atoms with van der Waals surface area (Å²) in [6.45, 7) is 10.3. The third-order valence-corrected chi connectivity index (χ3v) is 4.52. The summed E-state index contributed by atoms with van der Waals surface area (Å²) in [5.41, 5.74) is 2.52. The second-order valence-electron chi connectivity index (χ2n) is 6.06. The molecule has 1 aliphatic rings. The molecule has 0 saturated carbocycles. The fourth-order valence-electron chi connectivity index (χ4n) is 2.85. The average molecular weight is 337 g/mol. The smallest absolute Gasteiger partial charge is 0.409 e. The molecule has 0 bridgehead atoms. The minimum atomic E-state index is -0.282. The van der Waals surface area contributed by atoms with Crippen LogP contribution in [0.4, 0.5) is 10.5 Å². The minimum Gasteiger partial charge on any atom is -0.450 e. The van der Waals surface area contributed by atoms with Crippen molar-refractivity contribution in [3.63, 3.8) is 0 Å². The van der Waals surface area contributed by atoms with Gasteiger partial charge in [-0.25, -0.2) is 4.79 Å². The molecule has 0 radical (unpaired) electrons.